The molecule has 0 saturated heterocycles. The monoisotopic (exact) mass is 411 g/mol. The lowest BCUT2D eigenvalue weighted by atomic mass is 9.99. The molecule has 0 amide bonds. The molecule has 1 aliphatic heterocycles. The van der Waals surface area contributed by atoms with Crippen molar-refractivity contribution in [1.29, 1.82) is 5.26 Å². The first-order valence-electron chi connectivity index (χ1n) is 9.08. The number of rotatable bonds is 3. The van der Waals surface area contributed by atoms with Crippen LogP contribution < -0.4 is 4.74 Å². The van der Waals surface area contributed by atoms with Crippen molar-refractivity contribution in [2.45, 2.75) is 19.1 Å². The van der Waals surface area contributed by atoms with Crippen molar-refractivity contribution in [2.75, 3.05) is 6.61 Å². The van der Waals surface area contributed by atoms with E-state index in [-0.39, 0.29) is 30.3 Å². The lowest BCUT2D eigenvalue weighted by Gasteiger charge is -2.20. The van der Waals surface area contributed by atoms with E-state index in [1.165, 1.54) is 9.36 Å². The van der Waals surface area contributed by atoms with Crippen LogP contribution in [0.2, 0.25) is 0 Å². The maximum Gasteiger partial charge on any atom is 0.282 e. The zero-order valence-electron chi connectivity index (χ0n) is 15.7. The molecule has 1 aliphatic rings. The van der Waals surface area contributed by atoms with Gasteiger partial charge >= 0.3 is 0 Å². The zero-order valence-corrected chi connectivity index (χ0v) is 15.7. The number of nitrogens with one attached hydrogen (secondary N) is 1. The number of aromatic amines is 1. The van der Waals surface area contributed by atoms with Gasteiger partial charge in [0.15, 0.2) is 5.69 Å². The Morgan fingerprint density at radius 2 is 2.20 bits per heavy atom. The van der Waals surface area contributed by atoms with Crippen molar-refractivity contribution in [2.24, 2.45) is 7.05 Å². The molecule has 0 aromatic carbocycles. The van der Waals surface area contributed by atoms with Crippen LogP contribution in [0.25, 0.3) is 33.4 Å². The van der Waals surface area contributed by atoms with Crippen LogP contribution in [0.4, 0.5) is 8.78 Å². The molecule has 152 valence electrons. The Labute approximate surface area is 168 Å². The van der Waals surface area contributed by atoms with Gasteiger partial charge in [0, 0.05) is 36.0 Å². The molecule has 2 N–H and O–H groups in total. The molecule has 4 aromatic rings. The summed E-state index contributed by atoms with van der Waals surface area (Å²) in [6.07, 6.45) is -0.492. The number of aryl methyl sites for hydroxylation is 1. The number of aliphatic hydroxyl groups excluding tert-OH is 1. The predicted octanol–water partition coefficient (Wildman–Crippen LogP) is 2.39. The van der Waals surface area contributed by atoms with Gasteiger partial charge in [-0.2, -0.15) is 15.5 Å². The average molecular weight is 411 g/mol. The summed E-state index contributed by atoms with van der Waals surface area (Å²) in [5.41, 5.74) is 1.51. The van der Waals surface area contributed by atoms with Crippen molar-refractivity contribution in [1.82, 2.24) is 29.5 Å². The molecule has 30 heavy (non-hydrogen) atoms. The summed E-state index contributed by atoms with van der Waals surface area (Å²) in [5, 5.41) is 28.2. The van der Waals surface area contributed by atoms with Gasteiger partial charge in [-0.1, -0.05) is 0 Å². The number of pyridine rings is 1. The van der Waals surface area contributed by atoms with Crippen LogP contribution in [0.3, 0.4) is 0 Å². The number of nitriles is 1. The summed E-state index contributed by atoms with van der Waals surface area (Å²) in [4.78, 5) is 7.39. The second-order valence-electron chi connectivity index (χ2n) is 6.96. The highest BCUT2D eigenvalue weighted by atomic mass is 19.3. The van der Waals surface area contributed by atoms with Gasteiger partial charge in [-0.25, -0.2) is 18.4 Å². The van der Waals surface area contributed by atoms with Crippen molar-refractivity contribution < 1.29 is 18.6 Å². The minimum absolute atomic E-state index is 0.0362. The lowest BCUT2D eigenvalue weighted by Crippen LogP contribution is -2.30. The topological polar surface area (TPSA) is 118 Å². The molecule has 0 aliphatic carbocycles. The number of ether oxygens (including phenoxy) is 1. The number of aliphatic hydroxyl groups is 1. The summed E-state index contributed by atoms with van der Waals surface area (Å²) in [5.74, 6) is 0.130. The van der Waals surface area contributed by atoms with Gasteiger partial charge in [0.1, 0.15) is 30.1 Å². The third-order valence-electron chi connectivity index (χ3n) is 4.96. The largest absolute Gasteiger partial charge is 0.475 e. The second-order valence-corrected chi connectivity index (χ2v) is 6.96. The van der Waals surface area contributed by atoms with Gasteiger partial charge in [-0.3, -0.25) is 4.68 Å². The van der Waals surface area contributed by atoms with E-state index in [4.69, 9.17) is 4.74 Å². The van der Waals surface area contributed by atoms with Crippen LogP contribution in [-0.2, 0) is 13.6 Å². The maximum absolute atomic E-state index is 13.9. The third-order valence-corrected chi connectivity index (χ3v) is 4.96. The number of alkyl halides is 2. The van der Waals surface area contributed by atoms with Gasteiger partial charge in [0.05, 0.1) is 17.8 Å². The standard InChI is InChI=1S/C19H15F2N7O2/c1-27-7-11(12(5-22)25-27)13-10-3-2-4-23-18(10)24-15(13)14-16(17(20)21)26-28-6-9(29)8-30-19(14)28/h2-4,7,9,17,29H,6,8H2,1H3,(H,23,24)/t9-/m0/s1. The maximum atomic E-state index is 13.9. The number of fused-ring (bicyclic) bond motifs is 2. The van der Waals surface area contributed by atoms with Gasteiger partial charge in [0.25, 0.3) is 6.43 Å². The molecular formula is C19H15F2N7O2. The Hall–Kier alpha value is -3.78. The fourth-order valence-electron chi connectivity index (χ4n) is 3.79. The van der Waals surface area contributed by atoms with Crippen LogP contribution in [0, 0.1) is 11.3 Å². The number of hydrogen-bond donors (Lipinski definition) is 2. The fourth-order valence-corrected chi connectivity index (χ4v) is 3.79. The van der Waals surface area contributed by atoms with Crippen molar-refractivity contribution in [3.05, 3.63) is 35.9 Å². The number of hydrogen-bond acceptors (Lipinski definition) is 6. The Bertz CT molecular complexity index is 1310. The van der Waals surface area contributed by atoms with E-state index in [1.54, 1.807) is 31.6 Å². The highest BCUT2D eigenvalue weighted by Gasteiger charge is 2.34. The molecule has 4 aromatic heterocycles. The number of H-pyrrole nitrogens is 1. The summed E-state index contributed by atoms with van der Waals surface area (Å²) in [6, 6.07) is 5.56. The molecule has 1 atom stereocenters. The SMILES string of the molecule is Cn1cc(-c2c(-c3c(C(F)F)nn4c3OC[C@@H](O)C4)[nH]c3ncccc23)c(C#N)n1. The number of aromatic nitrogens is 6. The summed E-state index contributed by atoms with van der Waals surface area (Å²) >= 11 is 0. The second kappa shape index (κ2) is 6.64. The first-order chi connectivity index (χ1) is 14.5. The van der Waals surface area contributed by atoms with Crippen LogP contribution in [0.1, 0.15) is 17.8 Å². The van der Waals surface area contributed by atoms with E-state index in [2.05, 4.69) is 20.2 Å². The first-order valence-corrected chi connectivity index (χ1v) is 9.08. The van der Waals surface area contributed by atoms with Crippen LogP contribution in [0.5, 0.6) is 5.88 Å². The Balaban J connectivity index is 1.87. The molecule has 0 saturated carbocycles. The molecular weight excluding hydrogens is 396 g/mol. The van der Waals surface area contributed by atoms with Crippen molar-refractivity contribution in [3.8, 4) is 34.3 Å². The van der Waals surface area contributed by atoms with Crippen LogP contribution in [-0.4, -0.2) is 47.3 Å². The molecule has 0 fully saturated rings. The average Bonchev–Trinajstić information content (AvgIpc) is 3.39. The zero-order chi connectivity index (χ0) is 21.0. The summed E-state index contributed by atoms with van der Waals surface area (Å²) < 4.78 is 36.2. The first kappa shape index (κ1) is 18.3. The highest BCUT2D eigenvalue weighted by molar-refractivity contribution is 6.04. The molecule has 9 nitrogen and oxygen atoms in total. The fraction of sp³-hybridized carbons (Fsp3) is 0.263. The smallest absolute Gasteiger partial charge is 0.282 e. The quantitative estimate of drug-likeness (QED) is 0.535. The minimum Gasteiger partial charge on any atom is -0.475 e. The normalized spacial score (nSPS) is 15.9. The third kappa shape index (κ3) is 2.65. The van der Waals surface area contributed by atoms with E-state index < -0.39 is 18.2 Å². The van der Waals surface area contributed by atoms with E-state index in [0.717, 1.165) is 0 Å². The van der Waals surface area contributed by atoms with Crippen LogP contribution in [0.15, 0.2) is 24.5 Å². The molecule has 0 bridgehead atoms. The summed E-state index contributed by atoms with van der Waals surface area (Å²) in [7, 11) is 1.67. The van der Waals surface area contributed by atoms with Gasteiger partial charge < -0.3 is 14.8 Å². The Morgan fingerprint density at radius 1 is 1.37 bits per heavy atom. The number of halogens is 2. The molecule has 0 radical (unpaired) electrons. The molecule has 0 unspecified atom stereocenters. The van der Waals surface area contributed by atoms with E-state index in [9.17, 15) is 19.1 Å². The predicted molar refractivity (Wildman–Crippen MR) is 101 cm³/mol. The minimum atomic E-state index is -2.88. The van der Waals surface area contributed by atoms with E-state index in [0.29, 0.717) is 27.9 Å². The molecule has 5 rings (SSSR count). The lowest BCUT2D eigenvalue weighted by molar-refractivity contribution is 0.0556. The summed E-state index contributed by atoms with van der Waals surface area (Å²) in [6.45, 7) is 0.00469. The van der Waals surface area contributed by atoms with E-state index >= 15 is 0 Å². The van der Waals surface area contributed by atoms with Gasteiger partial charge in [-0.05, 0) is 12.1 Å². The molecule has 11 heteroatoms. The molecule has 0 spiro atoms. The highest BCUT2D eigenvalue weighted by Crippen LogP contribution is 2.46. The van der Waals surface area contributed by atoms with Gasteiger partial charge in [0.2, 0.25) is 5.88 Å². The van der Waals surface area contributed by atoms with Crippen LogP contribution >= 0.6 is 0 Å². The van der Waals surface area contributed by atoms with Gasteiger partial charge in [-0.15, -0.1) is 0 Å². The Kier molecular flexibility index (Phi) is 4.04. The van der Waals surface area contributed by atoms with Crippen molar-refractivity contribution in [3.63, 3.8) is 0 Å². The van der Waals surface area contributed by atoms with E-state index in [1.807, 2.05) is 6.07 Å². The Morgan fingerprint density at radius 3 is 2.97 bits per heavy atom. The molecule has 5 heterocycles. The number of nitrogens with zero attached hydrogens (tertiary/aromatic N) is 6. The van der Waals surface area contributed by atoms with Crippen molar-refractivity contribution >= 4 is 11.0 Å².